The second-order valence-electron chi connectivity index (χ2n) is 7.59. The van der Waals surface area contributed by atoms with E-state index in [9.17, 15) is 27.7 Å². The Labute approximate surface area is 358 Å². The molecule has 1 N–H and O–H groups in total. The van der Waals surface area contributed by atoms with Gasteiger partial charge < -0.3 is 19.2 Å². The molecule has 3 aromatic carbocycles. The van der Waals surface area contributed by atoms with E-state index in [1.54, 1.807) is 6.07 Å². The maximum Gasteiger partial charge on any atom is 1.00 e. The number of carbonyl (C=O) groups excluding carboxylic acids is 4. The number of benzene rings is 3. The van der Waals surface area contributed by atoms with E-state index < -0.39 is 31.6 Å². The molecule has 0 saturated heterocycles. The molecule has 220 valence electrons. The van der Waals surface area contributed by atoms with Gasteiger partial charge in [0.25, 0.3) is 0 Å². The summed E-state index contributed by atoms with van der Waals surface area (Å²) in [5, 5.41) is 23.0. The first kappa shape index (κ1) is 49.6. The number of aromatic carboxylic acids is 1. The average molecular weight is 715 g/mol. The fourth-order valence-electron chi connectivity index (χ4n) is 3.08. The molecule has 3 aromatic rings. The van der Waals surface area contributed by atoms with Gasteiger partial charge in [0.2, 0.25) is 0 Å². The van der Waals surface area contributed by atoms with Crippen molar-refractivity contribution in [2.24, 2.45) is 15.3 Å². The summed E-state index contributed by atoms with van der Waals surface area (Å²) in [6, 6.07) is 17.3. The minimum atomic E-state index is -4.85. The molecular weight excluding hydrogens is 700 g/mol. The van der Waals surface area contributed by atoms with Crippen molar-refractivity contribution in [3.63, 3.8) is 0 Å². The minimum Gasteiger partial charge on any atom is -0.745 e. The van der Waals surface area contributed by atoms with Crippen molar-refractivity contribution in [3.8, 4) is 11.1 Å². The van der Waals surface area contributed by atoms with Gasteiger partial charge >= 0.3 is 135 Å². The molecule has 47 heavy (non-hydrogen) atoms. The van der Waals surface area contributed by atoms with Gasteiger partial charge in [-0.1, -0.05) is 23.8 Å². The topological polar surface area (TPSA) is 249 Å². The van der Waals surface area contributed by atoms with Crippen molar-refractivity contribution in [2.45, 2.75) is 4.90 Å². The monoisotopic (exact) mass is 714 g/mol. The second-order valence-corrected chi connectivity index (χ2v) is 9.34. The zero-order chi connectivity index (χ0) is 32.0. The number of nitrogens with one attached hydrogen (secondary N) is 1. The third-order valence-corrected chi connectivity index (χ3v) is 5.66. The molecule has 0 aromatic heterocycles. The number of hydrogen-bond acceptors (Lipinski definition) is 15. The van der Waals surface area contributed by atoms with Crippen LogP contribution in [-0.4, -0.2) is 49.2 Å². The molecule has 0 aliphatic heterocycles. The van der Waals surface area contributed by atoms with Gasteiger partial charge in [0.05, 0.1) is 23.1 Å². The molecule has 0 fully saturated rings. The zero-order valence-corrected chi connectivity index (χ0v) is 34.8. The normalized spacial score (nSPS) is 11.8. The Morgan fingerprint density at radius 2 is 1.51 bits per heavy atom. The fraction of sp³-hybridized carbons (Fsp3) is 0. The van der Waals surface area contributed by atoms with Gasteiger partial charge in [0, 0.05) is 10.6 Å². The molecule has 4 rings (SSSR count). The summed E-state index contributed by atoms with van der Waals surface area (Å²) in [6.45, 7) is 0. The van der Waals surface area contributed by atoms with Gasteiger partial charge in [-0.2, -0.15) is 14.7 Å². The maximum atomic E-state index is 11.9. The number of carboxylic acid groups (broad SMARTS) is 1. The van der Waals surface area contributed by atoms with E-state index in [0.717, 1.165) is 6.07 Å². The molecule has 21 heteroatoms. The molecule has 0 atom stereocenters. The van der Waals surface area contributed by atoms with Crippen LogP contribution in [0.4, 0.5) is 17.1 Å². The summed E-state index contributed by atoms with van der Waals surface area (Å²) >= 11 is 0. The molecule has 0 amide bonds. The zero-order valence-electron chi connectivity index (χ0n) is 25.2. The summed E-state index contributed by atoms with van der Waals surface area (Å²) in [5.41, 5.74) is 4.35. The van der Waals surface area contributed by atoms with Crippen LogP contribution in [0.25, 0.3) is 11.1 Å². The van der Waals surface area contributed by atoms with Gasteiger partial charge in [-0.3, -0.25) is 5.43 Å². The summed E-state index contributed by atoms with van der Waals surface area (Å²) in [7, 11) is -7.97. The number of carboxylic acids is 1. The number of hydrogen-bond donors (Lipinski definition) is 1. The Hall–Kier alpha value is -1.74. The number of carbonyl (C=O) groups is 2. The van der Waals surface area contributed by atoms with E-state index in [2.05, 4.69) is 32.9 Å². The Balaban J connectivity index is -0.00000161. The van der Waals surface area contributed by atoms with Crippen molar-refractivity contribution in [1.82, 2.24) is 0 Å². The van der Waals surface area contributed by atoms with Crippen LogP contribution in [-0.2, 0) is 35.1 Å². The molecule has 0 radical (unpaired) electrons. The molecule has 1 aliphatic carbocycles. The van der Waals surface area contributed by atoms with Gasteiger partial charge in [-0.25, -0.2) is 18.6 Å². The van der Waals surface area contributed by atoms with Crippen LogP contribution in [0.3, 0.4) is 0 Å². The van der Waals surface area contributed by atoms with Crippen LogP contribution in [0.1, 0.15) is 10.4 Å². The van der Waals surface area contributed by atoms with Crippen LogP contribution in [0.2, 0.25) is 0 Å². The second kappa shape index (κ2) is 25.3. The SMILES string of the molecule is O=C1[C-]=CC(=NNc2ccc(-c3[c-]cc(N=Nc4cccc(C(=O)[O-])c4)cc3)c(S(=O)(=O)[O-])c2)C=C1.O=C=O.O=S(=O)=O.[Na+].[Na+].[Na+].[Na+]. The minimum absolute atomic E-state index is 0. The van der Waals surface area contributed by atoms with Gasteiger partial charge in [-0.05, 0) is 35.5 Å². The van der Waals surface area contributed by atoms with Crippen LogP contribution >= 0.6 is 0 Å². The molecule has 0 heterocycles. The molecule has 1 aliphatic rings. The molecule has 0 saturated carbocycles. The number of anilines is 1. The number of nitrogens with zero attached hydrogens (tertiary/aromatic N) is 3. The Bertz CT molecular complexity index is 1890. The largest absolute Gasteiger partial charge is 1.00 e. The number of allylic oxidation sites excluding steroid dienone is 4. The fourth-order valence-corrected chi connectivity index (χ4v) is 3.80. The van der Waals surface area contributed by atoms with Crippen LogP contribution in [0.5, 0.6) is 0 Å². The van der Waals surface area contributed by atoms with Crippen molar-refractivity contribution in [3.05, 3.63) is 96.6 Å². The van der Waals surface area contributed by atoms with Crippen molar-refractivity contribution >= 4 is 61.4 Å². The molecule has 0 spiro atoms. The summed E-state index contributed by atoms with van der Waals surface area (Å²) in [6.07, 6.45) is 6.80. The van der Waals surface area contributed by atoms with Crippen LogP contribution < -0.4 is 129 Å². The molecule has 0 bridgehead atoms. The maximum absolute atomic E-state index is 11.9. The summed E-state index contributed by atoms with van der Waals surface area (Å²) < 4.78 is 61.2. The Morgan fingerprint density at radius 3 is 2.02 bits per heavy atom. The molecule has 15 nitrogen and oxygen atoms in total. The van der Waals surface area contributed by atoms with Crippen molar-refractivity contribution < 1.29 is 168 Å². The first-order valence-corrected chi connectivity index (χ1v) is 13.5. The molecule has 0 unspecified atom stereocenters. The predicted molar refractivity (Wildman–Crippen MR) is 141 cm³/mol. The Kier molecular flexibility index (Phi) is 26.7. The van der Waals surface area contributed by atoms with E-state index in [1.807, 2.05) is 0 Å². The number of hydrazone groups is 1. The van der Waals surface area contributed by atoms with E-state index in [1.165, 1.54) is 66.8 Å². The third-order valence-electron chi connectivity index (χ3n) is 4.78. The van der Waals surface area contributed by atoms with Crippen molar-refractivity contribution in [2.75, 3.05) is 5.43 Å². The number of ketones is 1. The van der Waals surface area contributed by atoms with E-state index in [-0.39, 0.29) is 147 Å². The van der Waals surface area contributed by atoms with E-state index in [0.29, 0.717) is 22.6 Å². The average Bonchev–Trinajstić information content (AvgIpc) is 2.96. The summed E-state index contributed by atoms with van der Waals surface area (Å²) in [5.74, 6) is -1.63. The third kappa shape index (κ3) is 18.6. The number of azo groups is 1. The van der Waals surface area contributed by atoms with Crippen LogP contribution in [0, 0.1) is 12.1 Å². The van der Waals surface area contributed by atoms with Gasteiger partial charge in [0.15, 0.2) is 0 Å². The smallest absolute Gasteiger partial charge is 0.745 e. The summed E-state index contributed by atoms with van der Waals surface area (Å²) in [4.78, 5) is 37.9. The van der Waals surface area contributed by atoms with E-state index in [4.69, 9.17) is 22.2 Å². The van der Waals surface area contributed by atoms with Crippen molar-refractivity contribution in [1.29, 1.82) is 0 Å². The first-order valence-electron chi connectivity index (χ1n) is 11.1. The number of rotatable bonds is 7. The van der Waals surface area contributed by atoms with Gasteiger partial charge in [-0.15, -0.1) is 66.8 Å². The Morgan fingerprint density at radius 1 is 0.894 bits per heavy atom. The van der Waals surface area contributed by atoms with Crippen LogP contribution in [0.15, 0.2) is 99.1 Å². The first-order chi connectivity index (χ1) is 20.3. The molecular formula is C26H14N4Na4O11S2. The standard InChI is InChI=1S/C25H16N4O6S.CO2.4Na.O3S/c30-22-11-8-19(9-12-22)27-29-21-10-13-23(24(15-21)36(33,34)35)16-4-6-18(7-5-16)26-28-20-3-1-2-17(14-20)25(31)32;2-1-3;;;;;1-4(2)3/h1-4,6-11,13-15,29H,(H,31,32)(H,33,34,35);;;;;;/q-2;;4*+1;/p-2. The quantitative estimate of drug-likeness (QED) is 0.0599. The predicted octanol–water partition coefficient (Wildman–Crippen LogP) is -10.5. The van der Waals surface area contributed by atoms with Gasteiger partial charge in [0.1, 0.15) is 10.1 Å². The van der Waals surface area contributed by atoms with E-state index >= 15 is 0 Å².